The number of hydrogen-bond donors (Lipinski definition) is 0. The molecule has 3 nitrogen and oxygen atoms in total. The zero-order valence-corrected chi connectivity index (χ0v) is 4.92. The maximum Gasteiger partial charge on any atom is 0.271 e. The highest BCUT2D eigenvalue weighted by Gasteiger charge is 2.10. The maximum absolute atomic E-state index is 4.98. The molecule has 0 N–H and O–H groups in total. The fourth-order valence-electron chi connectivity index (χ4n) is 0.602. The minimum Gasteiger partial charge on any atom is -0.333 e. The summed E-state index contributed by atoms with van der Waals surface area (Å²) in [7, 11) is 1.57. The lowest BCUT2D eigenvalue weighted by molar-refractivity contribution is -0.299. The summed E-state index contributed by atoms with van der Waals surface area (Å²) in [6.45, 7) is 1.08. The van der Waals surface area contributed by atoms with Crippen molar-refractivity contribution < 1.29 is 14.2 Å². The van der Waals surface area contributed by atoms with Crippen LogP contribution >= 0.6 is 0 Å². The largest absolute Gasteiger partial charge is 0.333 e. The van der Waals surface area contributed by atoms with Gasteiger partial charge in [-0.1, -0.05) is 0 Å². The van der Waals surface area contributed by atoms with Gasteiger partial charge in [0.15, 0.2) is 0 Å². The number of methoxy groups -OCH3 is 1. The molecule has 48 valence electrons. The van der Waals surface area contributed by atoms with Gasteiger partial charge in [-0.3, -0.25) is 0 Å². The summed E-state index contributed by atoms with van der Waals surface area (Å²) in [6, 6.07) is 0. The maximum atomic E-state index is 4.98. The molecule has 1 saturated heterocycles. The Labute approximate surface area is 48.5 Å². The lowest BCUT2D eigenvalue weighted by atomic mass is 10.5. The quantitative estimate of drug-likeness (QED) is 0.497. The normalized spacial score (nSPS) is 23.6. The molecule has 0 spiro atoms. The van der Waals surface area contributed by atoms with Gasteiger partial charge in [-0.25, -0.2) is 0 Å². The lowest BCUT2D eigenvalue weighted by Crippen LogP contribution is -2.25. The molecule has 0 radical (unpaired) electrons. The van der Waals surface area contributed by atoms with Gasteiger partial charge in [0.05, 0.1) is 13.2 Å². The van der Waals surface area contributed by atoms with Crippen molar-refractivity contribution in [3.8, 4) is 0 Å². The van der Waals surface area contributed by atoms with E-state index in [1.54, 1.807) is 7.11 Å². The van der Waals surface area contributed by atoms with Gasteiger partial charge < -0.3 is 14.2 Å². The third-order valence-electron chi connectivity index (χ3n) is 0.989. The minimum absolute atomic E-state index is 0.413. The summed E-state index contributed by atoms with van der Waals surface area (Å²) in [6.07, 6.45) is 0.972. The Kier molecular flexibility index (Phi) is 2.27. The molecule has 0 unspecified atom stereocenters. The van der Waals surface area contributed by atoms with Gasteiger partial charge in [-0.05, 0) is 6.42 Å². The van der Waals surface area contributed by atoms with Gasteiger partial charge in [0.1, 0.15) is 0 Å². The third kappa shape index (κ3) is 1.43. The molecule has 3 heteroatoms. The molecule has 0 saturated carbocycles. The van der Waals surface area contributed by atoms with E-state index < -0.39 is 6.48 Å². The second-order valence-corrected chi connectivity index (χ2v) is 1.62. The zero-order chi connectivity index (χ0) is 5.82. The van der Waals surface area contributed by atoms with Crippen LogP contribution in [0.1, 0.15) is 6.42 Å². The molecule has 0 aromatic carbocycles. The van der Waals surface area contributed by atoms with Crippen molar-refractivity contribution in [3.63, 3.8) is 0 Å². The zero-order valence-electron chi connectivity index (χ0n) is 4.92. The van der Waals surface area contributed by atoms with Crippen molar-refractivity contribution in [1.82, 2.24) is 0 Å². The highest BCUT2D eigenvalue weighted by atomic mass is 16.8. The van der Waals surface area contributed by atoms with Crippen molar-refractivity contribution in [2.45, 2.75) is 12.9 Å². The summed E-state index contributed by atoms with van der Waals surface area (Å²) in [5, 5.41) is 0. The number of ether oxygens (including phenoxy) is 3. The fraction of sp³-hybridized carbons (Fsp3) is 1.00. The van der Waals surface area contributed by atoms with Gasteiger partial charge in [-0.2, -0.15) is 0 Å². The average Bonchev–Trinajstić information content (AvgIpc) is 1.90. The molecule has 1 rings (SSSR count). The van der Waals surface area contributed by atoms with Gasteiger partial charge in [0.2, 0.25) is 0 Å². The SMILES string of the molecule is COC1OCCCO1. The van der Waals surface area contributed by atoms with E-state index in [-0.39, 0.29) is 0 Å². The monoisotopic (exact) mass is 118 g/mol. The van der Waals surface area contributed by atoms with Crippen LogP contribution in [0.25, 0.3) is 0 Å². The first-order valence-corrected chi connectivity index (χ1v) is 2.69. The first kappa shape index (κ1) is 6.01. The fourth-order valence-corrected chi connectivity index (χ4v) is 0.602. The second-order valence-electron chi connectivity index (χ2n) is 1.62. The Morgan fingerprint density at radius 2 is 2.00 bits per heavy atom. The molecule has 0 atom stereocenters. The molecule has 0 aliphatic carbocycles. The molecule has 0 amide bonds. The summed E-state index contributed by atoms with van der Waals surface area (Å²) in [4.78, 5) is 0. The lowest BCUT2D eigenvalue weighted by Gasteiger charge is -2.20. The van der Waals surface area contributed by atoms with E-state index in [1.807, 2.05) is 0 Å². The third-order valence-corrected chi connectivity index (χ3v) is 0.989. The van der Waals surface area contributed by atoms with E-state index >= 15 is 0 Å². The molecule has 1 heterocycles. The van der Waals surface area contributed by atoms with Crippen molar-refractivity contribution in [2.75, 3.05) is 20.3 Å². The molecule has 0 aromatic heterocycles. The van der Waals surface area contributed by atoms with Crippen LogP contribution in [0, 0.1) is 0 Å². The minimum atomic E-state index is -0.413. The average molecular weight is 118 g/mol. The highest BCUT2D eigenvalue weighted by molar-refractivity contribution is 4.39. The number of hydrogen-bond acceptors (Lipinski definition) is 3. The molecular formula is C5H10O3. The van der Waals surface area contributed by atoms with Crippen molar-refractivity contribution in [2.24, 2.45) is 0 Å². The molecule has 8 heavy (non-hydrogen) atoms. The van der Waals surface area contributed by atoms with E-state index in [9.17, 15) is 0 Å². The van der Waals surface area contributed by atoms with Gasteiger partial charge >= 0.3 is 0 Å². The van der Waals surface area contributed by atoms with Gasteiger partial charge in [-0.15, -0.1) is 0 Å². The smallest absolute Gasteiger partial charge is 0.271 e. The van der Waals surface area contributed by atoms with Crippen LogP contribution in [-0.2, 0) is 14.2 Å². The topological polar surface area (TPSA) is 27.7 Å². The van der Waals surface area contributed by atoms with E-state index in [4.69, 9.17) is 14.2 Å². The highest BCUT2D eigenvalue weighted by Crippen LogP contribution is 2.03. The summed E-state index contributed by atoms with van der Waals surface area (Å²) < 4.78 is 14.7. The predicted molar refractivity (Wildman–Crippen MR) is 27.3 cm³/mol. The second kappa shape index (κ2) is 3.02. The molecule has 1 aliphatic heterocycles. The Morgan fingerprint density at radius 1 is 1.38 bits per heavy atom. The first-order chi connectivity index (χ1) is 3.93. The van der Waals surface area contributed by atoms with Crippen LogP contribution in [0.4, 0.5) is 0 Å². The van der Waals surface area contributed by atoms with Crippen LogP contribution in [0.3, 0.4) is 0 Å². The van der Waals surface area contributed by atoms with E-state index in [1.165, 1.54) is 0 Å². The van der Waals surface area contributed by atoms with Crippen LogP contribution < -0.4 is 0 Å². The van der Waals surface area contributed by atoms with Crippen LogP contribution in [0.2, 0.25) is 0 Å². The van der Waals surface area contributed by atoms with E-state index in [0.29, 0.717) is 0 Å². The summed E-state index contributed by atoms with van der Waals surface area (Å²) >= 11 is 0. The van der Waals surface area contributed by atoms with Crippen LogP contribution in [0.15, 0.2) is 0 Å². The van der Waals surface area contributed by atoms with Crippen LogP contribution in [-0.4, -0.2) is 26.8 Å². The van der Waals surface area contributed by atoms with Crippen molar-refractivity contribution >= 4 is 0 Å². The Balaban J connectivity index is 2.13. The molecular weight excluding hydrogens is 108 g/mol. The standard InChI is InChI=1S/C5H10O3/c1-6-5-7-3-2-4-8-5/h5H,2-4H2,1H3. The molecule has 1 aliphatic rings. The Morgan fingerprint density at radius 3 is 2.38 bits per heavy atom. The van der Waals surface area contributed by atoms with E-state index in [2.05, 4.69) is 0 Å². The number of rotatable bonds is 1. The molecule has 0 bridgehead atoms. The summed E-state index contributed by atoms with van der Waals surface area (Å²) in [5.41, 5.74) is 0. The van der Waals surface area contributed by atoms with Crippen molar-refractivity contribution in [3.05, 3.63) is 0 Å². The molecule has 1 fully saturated rings. The Bertz CT molecular complexity index is 58.7. The van der Waals surface area contributed by atoms with Crippen molar-refractivity contribution in [1.29, 1.82) is 0 Å². The van der Waals surface area contributed by atoms with Gasteiger partial charge in [0, 0.05) is 7.11 Å². The van der Waals surface area contributed by atoms with E-state index in [0.717, 1.165) is 19.6 Å². The molecule has 0 aromatic rings. The predicted octanol–water partition coefficient (Wildman–Crippen LogP) is 0.353. The van der Waals surface area contributed by atoms with Gasteiger partial charge in [0.25, 0.3) is 6.48 Å². The van der Waals surface area contributed by atoms with Crippen LogP contribution in [0.5, 0.6) is 0 Å². The Hall–Kier alpha value is -0.120. The summed E-state index contributed by atoms with van der Waals surface area (Å²) in [5.74, 6) is 0. The first-order valence-electron chi connectivity index (χ1n) is 2.69.